The molecule has 10 nitrogen and oxygen atoms in total. The van der Waals surface area contributed by atoms with Crippen LogP contribution >= 0.6 is 0 Å². The first-order chi connectivity index (χ1) is 14.2. The Morgan fingerprint density at radius 2 is 1.42 bits per heavy atom. The molecular weight excluding hydrogens is 538 g/mol. The quantitative estimate of drug-likeness (QED) is 0.445. The second-order valence-corrected chi connectivity index (χ2v) is 9.30. The van der Waals surface area contributed by atoms with Crippen molar-refractivity contribution >= 4 is 37.7 Å². The van der Waals surface area contributed by atoms with Gasteiger partial charge >= 0.3 is 28.4 Å². The number of sulfonamides is 2. The van der Waals surface area contributed by atoms with Crippen molar-refractivity contribution < 1.29 is 44.0 Å². The molecule has 0 radical (unpaired) electrons. The van der Waals surface area contributed by atoms with Crippen LogP contribution in [0.25, 0.3) is 4.72 Å². The molecule has 1 aromatic heterocycles. The third kappa shape index (κ3) is 6.60. The van der Waals surface area contributed by atoms with Crippen molar-refractivity contribution in [1.82, 2.24) is 14.7 Å². The number of carbonyl (C=O) groups excluding carboxylic acids is 1. The number of hydrogen-bond acceptors (Lipinski definition) is 7. The molecule has 166 valence electrons. The van der Waals surface area contributed by atoms with Crippen LogP contribution in [0.4, 0.5) is 16.4 Å². The summed E-state index contributed by atoms with van der Waals surface area (Å²) in [5.41, 5.74) is 1.06. The van der Waals surface area contributed by atoms with Crippen LogP contribution in [0.15, 0.2) is 76.8 Å². The molecular formula is C18H16AgN5O5S2. The Balaban J connectivity index is 0.00000341. The maximum Gasteiger partial charge on any atom is 1.00 e. The summed E-state index contributed by atoms with van der Waals surface area (Å²) in [4.78, 5) is 19.3. The topological polar surface area (TPSA) is 149 Å². The predicted molar refractivity (Wildman–Crippen MR) is 109 cm³/mol. The molecule has 2 amide bonds. The molecule has 2 aromatic carbocycles. The Morgan fingerprint density at radius 3 is 2.00 bits per heavy atom. The first-order valence-electron chi connectivity index (χ1n) is 8.41. The second-order valence-electron chi connectivity index (χ2n) is 6.01. The van der Waals surface area contributed by atoms with Gasteiger partial charge in [0.25, 0.3) is 10.0 Å². The minimum Gasteiger partial charge on any atom is -0.366 e. The van der Waals surface area contributed by atoms with Gasteiger partial charge in [0.2, 0.25) is 10.0 Å². The monoisotopic (exact) mass is 553 g/mol. The van der Waals surface area contributed by atoms with Gasteiger partial charge in [0, 0.05) is 11.6 Å². The molecule has 0 atom stereocenters. The zero-order valence-corrected chi connectivity index (χ0v) is 19.0. The standard InChI is InChI=1S/C18H17N5O5S2.Ag/c1-13-3-7-15(8-4-13)30(27,28)23-18(24)21-14-5-9-16(10-6-14)29(25,26)22-17-19-11-2-12-20-17;/h2-12H,1H3,(H3,19,20,21,22,23,24);/q;+1/p-1. The summed E-state index contributed by atoms with van der Waals surface area (Å²) in [5, 5.41) is 2.33. The van der Waals surface area contributed by atoms with Crippen molar-refractivity contribution in [2.75, 3.05) is 5.32 Å². The average molecular weight is 554 g/mol. The molecule has 0 aliphatic heterocycles. The number of amides is 2. The van der Waals surface area contributed by atoms with Gasteiger partial charge in [0.05, 0.1) is 9.79 Å². The normalized spacial score (nSPS) is 11.1. The first kappa shape index (κ1) is 24.5. The molecule has 3 aromatic rings. The third-order valence-corrected chi connectivity index (χ3v) is 6.34. The Morgan fingerprint density at radius 1 is 0.871 bits per heavy atom. The Labute approximate surface area is 195 Å². The average Bonchev–Trinajstić information content (AvgIpc) is 2.68. The van der Waals surface area contributed by atoms with E-state index in [-0.39, 0.29) is 43.8 Å². The van der Waals surface area contributed by atoms with E-state index in [9.17, 15) is 21.6 Å². The number of nitrogens with one attached hydrogen (secondary N) is 2. The van der Waals surface area contributed by atoms with Crippen LogP contribution in [0.2, 0.25) is 0 Å². The molecule has 31 heavy (non-hydrogen) atoms. The predicted octanol–water partition coefficient (Wildman–Crippen LogP) is 2.69. The Kier molecular flexibility index (Phi) is 7.92. The summed E-state index contributed by atoms with van der Waals surface area (Å²) >= 11 is 0. The van der Waals surface area contributed by atoms with Crippen LogP contribution < -0.4 is 10.0 Å². The molecule has 0 saturated heterocycles. The molecule has 1 heterocycles. The number of carbonyl (C=O) groups is 1. The van der Waals surface area contributed by atoms with E-state index < -0.39 is 26.1 Å². The van der Waals surface area contributed by atoms with Crippen LogP contribution in [0.5, 0.6) is 0 Å². The van der Waals surface area contributed by atoms with Crippen molar-refractivity contribution in [3.63, 3.8) is 0 Å². The van der Waals surface area contributed by atoms with E-state index in [2.05, 4.69) is 20.0 Å². The number of hydrogen-bond donors (Lipinski definition) is 2. The molecule has 3 rings (SSSR count). The largest absolute Gasteiger partial charge is 1.00 e. The van der Waals surface area contributed by atoms with Gasteiger partial charge in [-0.05, 0) is 55.7 Å². The summed E-state index contributed by atoms with van der Waals surface area (Å²) in [6, 6.07) is 11.5. The van der Waals surface area contributed by atoms with E-state index in [1.807, 2.05) is 4.72 Å². The first-order valence-corrected chi connectivity index (χ1v) is 11.3. The van der Waals surface area contributed by atoms with Crippen molar-refractivity contribution in [3.05, 3.63) is 77.3 Å². The second kappa shape index (κ2) is 10.0. The maximum absolute atomic E-state index is 12.3. The smallest absolute Gasteiger partial charge is 0.366 e. The van der Waals surface area contributed by atoms with Crippen molar-refractivity contribution in [3.8, 4) is 0 Å². The van der Waals surface area contributed by atoms with E-state index in [1.165, 1.54) is 54.9 Å². The van der Waals surface area contributed by atoms with Crippen molar-refractivity contribution in [1.29, 1.82) is 0 Å². The van der Waals surface area contributed by atoms with Crippen LogP contribution in [-0.2, 0) is 42.4 Å². The van der Waals surface area contributed by atoms with Crippen molar-refractivity contribution in [2.24, 2.45) is 0 Å². The Hall–Kier alpha value is -2.77. The van der Waals surface area contributed by atoms with Gasteiger partial charge in [-0.3, -0.25) is 4.72 Å². The molecule has 0 saturated carbocycles. The van der Waals surface area contributed by atoms with Gasteiger partial charge in [-0.15, -0.1) is 0 Å². The third-order valence-electron chi connectivity index (χ3n) is 3.72. The van der Waals surface area contributed by atoms with E-state index in [1.54, 1.807) is 19.1 Å². The SMILES string of the molecule is Cc1ccc(S(=O)(=O)NC(=O)Nc2ccc(S(=O)(=O)[N-]c3ncccn3)cc2)cc1.[Ag+]. The van der Waals surface area contributed by atoms with Gasteiger partial charge < -0.3 is 15.3 Å². The summed E-state index contributed by atoms with van der Waals surface area (Å²) in [6.45, 7) is 1.81. The summed E-state index contributed by atoms with van der Waals surface area (Å²) < 4.78 is 54.4. The van der Waals surface area contributed by atoms with Crippen LogP contribution in [0.1, 0.15) is 5.56 Å². The van der Waals surface area contributed by atoms with Gasteiger partial charge in [-0.1, -0.05) is 23.8 Å². The molecule has 0 aliphatic carbocycles. The van der Waals surface area contributed by atoms with Gasteiger partial charge in [0.1, 0.15) is 0 Å². The summed E-state index contributed by atoms with van der Waals surface area (Å²) in [5.74, 6) is -0.208. The molecule has 2 N–H and O–H groups in total. The van der Waals surface area contributed by atoms with Crippen LogP contribution in [0.3, 0.4) is 0 Å². The Bertz CT molecular complexity index is 1250. The zero-order chi connectivity index (χ0) is 21.8. The molecule has 0 spiro atoms. The fourth-order valence-corrected chi connectivity index (χ4v) is 4.07. The van der Waals surface area contributed by atoms with Gasteiger partial charge in [-0.25, -0.2) is 26.4 Å². The van der Waals surface area contributed by atoms with Gasteiger partial charge in [-0.2, -0.15) is 0 Å². The number of urea groups is 1. The minimum atomic E-state index is -4.05. The van der Waals surface area contributed by atoms with Crippen LogP contribution in [0, 0.1) is 6.92 Å². The van der Waals surface area contributed by atoms with E-state index >= 15 is 0 Å². The van der Waals surface area contributed by atoms with E-state index in [0.717, 1.165) is 5.56 Å². The number of nitrogens with zero attached hydrogens (tertiary/aromatic N) is 3. The number of benzene rings is 2. The maximum atomic E-state index is 12.3. The number of aromatic nitrogens is 2. The fraction of sp³-hybridized carbons (Fsp3) is 0.0556. The van der Waals surface area contributed by atoms with Gasteiger partial charge in [0.15, 0.2) is 0 Å². The van der Waals surface area contributed by atoms with Crippen molar-refractivity contribution in [2.45, 2.75) is 16.7 Å². The van der Waals surface area contributed by atoms with Crippen LogP contribution in [-0.4, -0.2) is 32.8 Å². The fourth-order valence-electron chi connectivity index (χ4n) is 2.26. The molecule has 0 aliphatic rings. The molecule has 0 fully saturated rings. The number of aryl methyl sites for hydroxylation is 1. The molecule has 0 bridgehead atoms. The molecule has 13 heteroatoms. The summed E-state index contributed by atoms with van der Waals surface area (Å²) in [6.07, 6.45) is 2.72. The number of anilines is 1. The zero-order valence-electron chi connectivity index (χ0n) is 15.9. The molecule has 0 unspecified atom stereocenters. The minimum absolute atomic E-state index is 0. The van der Waals surface area contributed by atoms with E-state index in [0.29, 0.717) is 0 Å². The number of rotatable bonds is 6. The summed E-state index contributed by atoms with van der Waals surface area (Å²) in [7, 11) is -8.10. The van der Waals surface area contributed by atoms with E-state index in [4.69, 9.17) is 0 Å².